The average molecular weight is 650 g/mol. The van der Waals surface area contributed by atoms with Crippen molar-refractivity contribution >= 4 is 45.2 Å². The number of benzene rings is 2. The number of carboxylic acids is 1. The maximum atomic E-state index is 16.4. The van der Waals surface area contributed by atoms with Crippen molar-refractivity contribution in [1.82, 2.24) is 9.97 Å². The van der Waals surface area contributed by atoms with Crippen LogP contribution in [-0.2, 0) is 27.2 Å². The molecule has 2 saturated heterocycles. The van der Waals surface area contributed by atoms with Crippen LogP contribution in [0.1, 0.15) is 35.2 Å². The fourth-order valence-electron chi connectivity index (χ4n) is 6.12. The number of hydrogen-bond acceptors (Lipinski definition) is 10. The van der Waals surface area contributed by atoms with Crippen LogP contribution in [0.25, 0.3) is 22.0 Å². The van der Waals surface area contributed by atoms with E-state index in [2.05, 4.69) is 15.3 Å². The first-order chi connectivity index (χ1) is 22.4. The van der Waals surface area contributed by atoms with Crippen LogP contribution in [0, 0.1) is 5.82 Å². The maximum absolute atomic E-state index is 16.4. The van der Waals surface area contributed by atoms with Crippen LogP contribution in [0.5, 0.6) is 11.5 Å². The summed E-state index contributed by atoms with van der Waals surface area (Å²) in [6.45, 7) is 2.08. The summed E-state index contributed by atoms with van der Waals surface area (Å²) in [5.74, 6) is -0.920. The van der Waals surface area contributed by atoms with Crippen molar-refractivity contribution in [2.24, 2.45) is 0 Å². The molecule has 240 valence electrons. The third-order valence-electron chi connectivity index (χ3n) is 8.33. The van der Waals surface area contributed by atoms with Crippen LogP contribution in [0.15, 0.2) is 48.9 Å². The van der Waals surface area contributed by atoms with Gasteiger partial charge in [-0.3, -0.25) is 18.5 Å². The van der Waals surface area contributed by atoms with Gasteiger partial charge in [0.05, 0.1) is 66.5 Å². The molecule has 2 aromatic heterocycles. The summed E-state index contributed by atoms with van der Waals surface area (Å²) in [5, 5.41) is 13.1. The van der Waals surface area contributed by atoms with E-state index in [1.165, 1.54) is 24.4 Å². The molecule has 3 aliphatic rings. The quantitative estimate of drug-likeness (QED) is 0.241. The zero-order chi connectivity index (χ0) is 31.8. The van der Waals surface area contributed by atoms with Crippen LogP contribution in [0.4, 0.5) is 21.5 Å². The van der Waals surface area contributed by atoms with Crippen molar-refractivity contribution < 1.29 is 42.0 Å². The van der Waals surface area contributed by atoms with Gasteiger partial charge in [-0.2, -0.15) is 0 Å². The molecule has 5 heterocycles. The van der Waals surface area contributed by atoms with E-state index < -0.39 is 29.1 Å². The zero-order valence-corrected chi connectivity index (χ0v) is 25.4. The number of pyridine rings is 2. The molecule has 0 saturated carbocycles. The summed E-state index contributed by atoms with van der Waals surface area (Å²) in [6, 6.07) is 6.89. The van der Waals surface area contributed by atoms with Crippen LogP contribution in [-0.4, -0.2) is 75.0 Å². The lowest BCUT2D eigenvalue weighted by molar-refractivity contribution is 0.0255. The van der Waals surface area contributed by atoms with Crippen LogP contribution >= 0.6 is 0 Å². The fourth-order valence-corrected chi connectivity index (χ4v) is 6.83. The normalized spacial score (nSPS) is 18.6. The Kier molecular flexibility index (Phi) is 8.42. The second-order valence-corrected chi connectivity index (χ2v) is 12.1. The molecule has 0 aliphatic carbocycles. The van der Waals surface area contributed by atoms with Gasteiger partial charge in [-0.15, -0.1) is 0 Å². The van der Waals surface area contributed by atoms with Crippen molar-refractivity contribution in [2.75, 3.05) is 42.7 Å². The highest BCUT2D eigenvalue weighted by atomic mass is 32.2. The summed E-state index contributed by atoms with van der Waals surface area (Å²) < 4.78 is 65.7. The molecular formula is C32H30FN4O8S-. The predicted octanol–water partition coefficient (Wildman–Crippen LogP) is 4.76. The molecule has 2 aromatic carbocycles. The van der Waals surface area contributed by atoms with Crippen molar-refractivity contribution in [3.63, 3.8) is 0 Å². The molecule has 2 atom stereocenters. The molecule has 46 heavy (non-hydrogen) atoms. The number of carboxylic acid groups (broad SMARTS) is 1. The van der Waals surface area contributed by atoms with Gasteiger partial charge in [-0.25, -0.2) is 9.18 Å². The fraction of sp³-hybridized carbons (Fsp3) is 0.344. The Labute approximate surface area is 265 Å². The molecule has 0 radical (unpaired) electrons. The van der Waals surface area contributed by atoms with Gasteiger partial charge >= 0.3 is 5.97 Å². The highest BCUT2D eigenvalue weighted by Crippen LogP contribution is 2.43. The van der Waals surface area contributed by atoms with E-state index in [4.69, 9.17) is 18.9 Å². The topological polar surface area (TPSA) is 155 Å². The number of hydrogen-bond donors (Lipinski definition) is 2. The Bertz CT molecular complexity index is 1830. The number of carbonyl (C=O) groups is 1. The maximum Gasteiger partial charge on any atom is 0.335 e. The third kappa shape index (κ3) is 5.96. The summed E-state index contributed by atoms with van der Waals surface area (Å²) >= 11 is -2.77. The molecule has 12 nitrogen and oxygen atoms in total. The number of ether oxygens (including phenoxy) is 4. The van der Waals surface area contributed by atoms with Gasteiger partial charge in [-0.1, -0.05) is 0 Å². The van der Waals surface area contributed by atoms with Crippen LogP contribution in [0.3, 0.4) is 0 Å². The summed E-state index contributed by atoms with van der Waals surface area (Å²) in [4.78, 5) is 20.9. The van der Waals surface area contributed by atoms with E-state index >= 15 is 4.39 Å². The number of aromatic carboxylic acids is 1. The third-order valence-corrected chi connectivity index (χ3v) is 9.15. The number of halogens is 1. The van der Waals surface area contributed by atoms with E-state index in [0.29, 0.717) is 74.7 Å². The van der Waals surface area contributed by atoms with Gasteiger partial charge in [0, 0.05) is 72.4 Å². The second kappa shape index (κ2) is 12.8. The molecule has 0 spiro atoms. The SMILES string of the molecule is O=C(O)c1cc(Nc2c(N(C3CCOC3)S(=O)[O-])cnc3cc(-c4cncc5c4OCC5)cc(F)c23)cc(OC2CCOCC2)c1. The Hall–Kier alpha value is -4.37. The number of rotatable bonds is 9. The van der Waals surface area contributed by atoms with Gasteiger partial charge in [0.2, 0.25) is 0 Å². The molecule has 14 heteroatoms. The molecule has 2 fully saturated rings. The summed E-state index contributed by atoms with van der Waals surface area (Å²) in [5.41, 5.74) is 2.66. The molecule has 0 bridgehead atoms. The van der Waals surface area contributed by atoms with E-state index in [0.717, 1.165) is 9.87 Å². The molecule has 3 aliphatic heterocycles. The number of aromatic nitrogens is 2. The molecule has 0 amide bonds. The monoisotopic (exact) mass is 649 g/mol. The lowest BCUT2D eigenvalue weighted by Gasteiger charge is -2.33. The first-order valence-corrected chi connectivity index (χ1v) is 16.0. The van der Waals surface area contributed by atoms with Gasteiger partial charge < -0.3 is 33.9 Å². The Balaban J connectivity index is 1.37. The van der Waals surface area contributed by atoms with Gasteiger partial charge in [0.25, 0.3) is 0 Å². The second-order valence-electron chi connectivity index (χ2n) is 11.3. The van der Waals surface area contributed by atoms with Crippen molar-refractivity contribution in [1.29, 1.82) is 0 Å². The van der Waals surface area contributed by atoms with Gasteiger partial charge in [0.1, 0.15) is 23.4 Å². The number of nitrogens with zero attached hydrogens (tertiary/aromatic N) is 3. The summed E-state index contributed by atoms with van der Waals surface area (Å²) in [7, 11) is 0. The molecule has 4 aromatic rings. The lowest BCUT2D eigenvalue weighted by atomic mass is 10.0. The van der Waals surface area contributed by atoms with Gasteiger partial charge in [-0.05, 0) is 36.2 Å². The molecular weight excluding hydrogens is 619 g/mol. The first-order valence-electron chi connectivity index (χ1n) is 14.9. The number of fused-ring (bicyclic) bond motifs is 2. The predicted molar refractivity (Wildman–Crippen MR) is 166 cm³/mol. The van der Waals surface area contributed by atoms with E-state index in [9.17, 15) is 18.7 Å². The molecule has 7 rings (SSSR count). The highest BCUT2D eigenvalue weighted by Gasteiger charge is 2.29. The van der Waals surface area contributed by atoms with E-state index in [-0.39, 0.29) is 46.2 Å². The lowest BCUT2D eigenvalue weighted by Crippen LogP contribution is -2.37. The number of nitrogens with one attached hydrogen (secondary N) is 1. The minimum Gasteiger partial charge on any atom is -0.755 e. The van der Waals surface area contributed by atoms with Crippen molar-refractivity contribution in [2.45, 2.75) is 37.8 Å². The number of anilines is 3. The van der Waals surface area contributed by atoms with Crippen molar-refractivity contribution in [3.05, 3.63) is 65.9 Å². The molecule has 2 unspecified atom stereocenters. The Morgan fingerprint density at radius 2 is 1.89 bits per heavy atom. The molecule has 2 N–H and O–H groups in total. The van der Waals surface area contributed by atoms with E-state index in [1.54, 1.807) is 24.5 Å². The zero-order valence-electron chi connectivity index (χ0n) is 24.6. The van der Waals surface area contributed by atoms with Crippen molar-refractivity contribution in [3.8, 4) is 22.6 Å². The van der Waals surface area contributed by atoms with Gasteiger partial charge in [0.15, 0.2) is 0 Å². The first kappa shape index (κ1) is 30.3. The Morgan fingerprint density at radius 3 is 2.65 bits per heavy atom. The Morgan fingerprint density at radius 1 is 1.07 bits per heavy atom. The minimum atomic E-state index is -2.77. The van der Waals surface area contributed by atoms with Crippen LogP contribution in [0.2, 0.25) is 0 Å². The standard InChI is InChI=1S/C32H31FN4O8S/c33-26-11-19(25-15-34-14-18-1-8-44-31(18)25)12-27-29(26)30(28(16-35-27)37(46(40)41)22-2-5-43-17-22)36-21-9-20(32(38)39)10-24(13-21)45-23-3-6-42-7-4-23/h9-16,22-23H,1-8,17H2,(H,35,36)(H,38,39)(H,40,41)/p-1. The van der Waals surface area contributed by atoms with Crippen LogP contribution < -0.4 is 19.1 Å². The highest BCUT2D eigenvalue weighted by molar-refractivity contribution is 7.80. The van der Waals surface area contributed by atoms with E-state index in [1.807, 2.05) is 0 Å². The minimum absolute atomic E-state index is 0.0182. The average Bonchev–Trinajstić information content (AvgIpc) is 3.75. The smallest absolute Gasteiger partial charge is 0.335 e. The largest absolute Gasteiger partial charge is 0.755 e. The summed E-state index contributed by atoms with van der Waals surface area (Å²) in [6.07, 6.45) is 6.95.